The van der Waals surface area contributed by atoms with E-state index in [1.54, 1.807) is 37.7 Å². The van der Waals surface area contributed by atoms with E-state index in [4.69, 9.17) is 9.15 Å². The lowest BCUT2D eigenvalue weighted by Crippen LogP contribution is -1.92. The topological polar surface area (TPSA) is 35.3 Å². The smallest absolute Gasteiger partial charge is 0.218 e. The zero-order valence-corrected chi connectivity index (χ0v) is 15.3. The van der Waals surface area contributed by atoms with E-state index in [2.05, 4.69) is 20.9 Å². The lowest BCUT2D eigenvalue weighted by molar-refractivity contribution is 0.414. The van der Waals surface area contributed by atoms with Crippen LogP contribution in [0.2, 0.25) is 0 Å². The molecule has 1 heterocycles. The molecular formula is C20H17BrFNO2. The third-order valence-corrected chi connectivity index (χ3v) is 4.26. The number of methoxy groups -OCH3 is 1. The number of halogens is 2. The number of nitrogens with zero attached hydrogens (tertiary/aromatic N) is 1. The summed E-state index contributed by atoms with van der Waals surface area (Å²) in [5.41, 5.74) is 2.56. The lowest BCUT2D eigenvalue weighted by atomic mass is 10.1. The highest BCUT2D eigenvalue weighted by Gasteiger charge is 2.04. The molecule has 25 heavy (non-hydrogen) atoms. The van der Waals surface area contributed by atoms with Crippen molar-refractivity contribution in [2.45, 2.75) is 12.8 Å². The minimum atomic E-state index is -0.295. The van der Waals surface area contributed by atoms with Crippen LogP contribution < -0.4 is 4.74 Å². The highest BCUT2D eigenvalue weighted by Crippen LogP contribution is 2.18. The Morgan fingerprint density at radius 1 is 1.12 bits per heavy atom. The Morgan fingerprint density at radius 2 is 1.92 bits per heavy atom. The molecule has 0 spiro atoms. The molecule has 0 saturated heterocycles. The Bertz CT molecular complexity index is 872. The van der Waals surface area contributed by atoms with Crippen LogP contribution >= 0.6 is 15.9 Å². The van der Waals surface area contributed by atoms with Crippen molar-refractivity contribution >= 4 is 28.1 Å². The molecule has 0 aliphatic heterocycles. The van der Waals surface area contributed by atoms with Gasteiger partial charge in [-0.2, -0.15) is 0 Å². The normalized spacial score (nSPS) is 11.2. The van der Waals surface area contributed by atoms with Gasteiger partial charge in [0.2, 0.25) is 5.89 Å². The predicted molar refractivity (Wildman–Crippen MR) is 99.9 cm³/mol. The summed E-state index contributed by atoms with van der Waals surface area (Å²) in [6.07, 6.45) is 6.60. The Morgan fingerprint density at radius 3 is 2.64 bits per heavy atom. The number of benzene rings is 2. The SMILES string of the molecule is COc1ccc(CCc2coc(/C=C/c3ccc(Br)cc3F)n2)cc1. The molecule has 0 bridgehead atoms. The standard InChI is InChI=1S/C20H17BrFNO2/c1-24-18-9-3-14(4-10-18)2-8-17-13-25-20(23-17)11-6-15-5-7-16(21)12-19(15)22/h3-7,9-13H,2,8H2,1H3/b11-6+. The van der Waals surface area contributed by atoms with Crippen molar-refractivity contribution in [3.05, 3.63) is 81.7 Å². The van der Waals surface area contributed by atoms with Crippen LogP contribution in [0.3, 0.4) is 0 Å². The number of oxazole rings is 1. The molecule has 2 aromatic carbocycles. The lowest BCUT2D eigenvalue weighted by Gasteiger charge is -2.01. The van der Waals surface area contributed by atoms with Gasteiger partial charge in [-0.25, -0.2) is 9.37 Å². The second-order valence-corrected chi connectivity index (χ2v) is 6.44. The van der Waals surface area contributed by atoms with E-state index in [9.17, 15) is 4.39 Å². The van der Waals surface area contributed by atoms with Crippen molar-refractivity contribution in [3.63, 3.8) is 0 Å². The molecule has 0 fully saturated rings. The van der Waals surface area contributed by atoms with Crippen LogP contribution in [0, 0.1) is 5.82 Å². The van der Waals surface area contributed by atoms with Crippen molar-refractivity contribution in [3.8, 4) is 5.75 Å². The number of rotatable bonds is 6. The van der Waals surface area contributed by atoms with Crippen LogP contribution in [0.5, 0.6) is 5.75 Å². The molecule has 3 nitrogen and oxygen atoms in total. The fourth-order valence-corrected chi connectivity index (χ4v) is 2.71. The van der Waals surface area contributed by atoms with E-state index in [1.807, 2.05) is 24.3 Å². The molecule has 0 amide bonds. The average molecular weight is 402 g/mol. The fraction of sp³-hybridized carbons (Fsp3) is 0.150. The van der Waals surface area contributed by atoms with Gasteiger partial charge in [-0.05, 0) is 48.7 Å². The van der Waals surface area contributed by atoms with Gasteiger partial charge in [0.15, 0.2) is 0 Å². The molecule has 0 radical (unpaired) electrons. The Kier molecular flexibility index (Phi) is 5.66. The van der Waals surface area contributed by atoms with Crippen molar-refractivity contribution in [1.82, 2.24) is 4.98 Å². The first-order valence-electron chi connectivity index (χ1n) is 7.84. The maximum atomic E-state index is 13.8. The Balaban J connectivity index is 1.60. The minimum Gasteiger partial charge on any atom is -0.497 e. The van der Waals surface area contributed by atoms with Gasteiger partial charge in [0.25, 0.3) is 0 Å². The van der Waals surface area contributed by atoms with E-state index in [0.717, 1.165) is 24.3 Å². The number of hydrogen-bond acceptors (Lipinski definition) is 3. The number of aryl methyl sites for hydroxylation is 2. The highest BCUT2D eigenvalue weighted by atomic mass is 79.9. The largest absolute Gasteiger partial charge is 0.497 e. The minimum absolute atomic E-state index is 0.295. The third kappa shape index (κ3) is 4.79. The van der Waals surface area contributed by atoms with E-state index in [-0.39, 0.29) is 5.82 Å². The first kappa shape index (κ1) is 17.4. The van der Waals surface area contributed by atoms with Crippen LogP contribution in [-0.4, -0.2) is 12.1 Å². The highest BCUT2D eigenvalue weighted by molar-refractivity contribution is 9.10. The van der Waals surface area contributed by atoms with Crippen LogP contribution in [0.25, 0.3) is 12.2 Å². The molecule has 0 atom stereocenters. The maximum absolute atomic E-state index is 13.8. The summed E-state index contributed by atoms with van der Waals surface area (Å²) in [6.45, 7) is 0. The number of hydrogen-bond donors (Lipinski definition) is 0. The molecule has 5 heteroatoms. The van der Waals surface area contributed by atoms with Gasteiger partial charge in [0, 0.05) is 16.1 Å². The third-order valence-electron chi connectivity index (χ3n) is 3.77. The van der Waals surface area contributed by atoms with Gasteiger partial charge in [0.1, 0.15) is 17.8 Å². The van der Waals surface area contributed by atoms with Crippen LogP contribution in [0.1, 0.15) is 22.7 Å². The summed E-state index contributed by atoms with van der Waals surface area (Å²) in [4.78, 5) is 4.41. The first-order valence-corrected chi connectivity index (χ1v) is 8.64. The van der Waals surface area contributed by atoms with Crippen molar-refractivity contribution in [2.24, 2.45) is 0 Å². The second-order valence-electron chi connectivity index (χ2n) is 5.52. The maximum Gasteiger partial charge on any atom is 0.218 e. The van der Waals surface area contributed by atoms with Gasteiger partial charge in [-0.3, -0.25) is 0 Å². The van der Waals surface area contributed by atoms with E-state index in [0.29, 0.717) is 15.9 Å². The predicted octanol–water partition coefficient (Wildman–Crippen LogP) is 5.54. The van der Waals surface area contributed by atoms with E-state index in [1.165, 1.54) is 11.6 Å². The summed E-state index contributed by atoms with van der Waals surface area (Å²) in [6, 6.07) is 12.9. The molecule has 0 aliphatic rings. The summed E-state index contributed by atoms with van der Waals surface area (Å²) in [5.74, 6) is 1.02. The molecule has 1 aromatic heterocycles. The van der Waals surface area contributed by atoms with Gasteiger partial charge >= 0.3 is 0 Å². The summed E-state index contributed by atoms with van der Waals surface area (Å²) in [7, 11) is 1.65. The average Bonchev–Trinajstić information content (AvgIpc) is 3.07. The fourth-order valence-electron chi connectivity index (χ4n) is 2.38. The Labute approximate surface area is 154 Å². The molecule has 0 aliphatic carbocycles. The zero-order chi connectivity index (χ0) is 17.6. The van der Waals surface area contributed by atoms with Crippen molar-refractivity contribution in [2.75, 3.05) is 7.11 Å². The number of ether oxygens (including phenoxy) is 1. The second kappa shape index (κ2) is 8.12. The summed E-state index contributed by atoms with van der Waals surface area (Å²) < 4.78 is 25.1. The molecule has 0 unspecified atom stereocenters. The summed E-state index contributed by atoms with van der Waals surface area (Å²) in [5, 5.41) is 0. The molecule has 128 valence electrons. The number of aromatic nitrogens is 1. The monoisotopic (exact) mass is 401 g/mol. The molecule has 3 aromatic rings. The molecule has 3 rings (SSSR count). The molecule has 0 saturated carbocycles. The molecular weight excluding hydrogens is 385 g/mol. The van der Waals surface area contributed by atoms with Crippen LogP contribution in [0.15, 0.2) is 57.6 Å². The summed E-state index contributed by atoms with van der Waals surface area (Å²) >= 11 is 3.24. The quantitative estimate of drug-likeness (QED) is 0.543. The van der Waals surface area contributed by atoms with E-state index >= 15 is 0 Å². The van der Waals surface area contributed by atoms with Gasteiger partial charge in [0.05, 0.1) is 12.8 Å². The zero-order valence-electron chi connectivity index (χ0n) is 13.7. The van der Waals surface area contributed by atoms with Crippen molar-refractivity contribution in [1.29, 1.82) is 0 Å². The Hall–Kier alpha value is -2.40. The van der Waals surface area contributed by atoms with Gasteiger partial charge in [-0.15, -0.1) is 0 Å². The first-order chi connectivity index (χ1) is 12.1. The van der Waals surface area contributed by atoms with Gasteiger partial charge in [-0.1, -0.05) is 34.1 Å². The van der Waals surface area contributed by atoms with E-state index < -0.39 is 0 Å². The van der Waals surface area contributed by atoms with Crippen LogP contribution in [-0.2, 0) is 12.8 Å². The van der Waals surface area contributed by atoms with Gasteiger partial charge < -0.3 is 9.15 Å². The van der Waals surface area contributed by atoms with Crippen molar-refractivity contribution < 1.29 is 13.5 Å². The van der Waals surface area contributed by atoms with Crippen LogP contribution in [0.4, 0.5) is 4.39 Å². The molecule has 0 N–H and O–H groups in total.